The highest BCUT2D eigenvalue weighted by Gasteiger charge is 2.24. The van der Waals surface area contributed by atoms with Crippen molar-refractivity contribution in [3.63, 3.8) is 0 Å². The van der Waals surface area contributed by atoms with Crippen molar-refractivity contribution >= 4 is 33.4 Å². The van der Waals surface area contributed by atoms with Gasteiger partial charge < -0.3 is 16.0 Å². The first-order valence-electron chi connectivity index (χ1n) is 6.07. The van der Waals surface area contributed by atoms with Crippen molar-refractivity contribution in [2.24, 2.45) is 0 Å². The monoisotopic (exact) mass is 325 g/mol. The van der Waals surface area contributed by atoms with E-state index in [1.165, 1.54) is 0 Å². The van der Waals surface area contributed by atoms with Gasteiger partial charge in [0.05, 0.1) is 5.56 Å². The van der Waals surface area contributed by atoms with Gasteiger partial charge in [0.25, 0.3) is 5.91 Å². The Balaban J connectivity index is 2.05. The summed E-state index contributed by atoms with van der Waals surface area (Å²) in [4.78, 5) is 25.2. The number of halogens is 1. The number of nitrogens with zero attached hydrogens (tertiary/aromatic N) is 1. The Hall–Kier alpha value is -1.56. The predicted molar refractivity (Wildman–Crippen MR) is 76.7 cm³/mol. The van der Waals surface area contributed by atoms with Crippen molar-refractivity contribution in [3.8, 4) is 0 Å². The number of piperidine rings is 1. The van der Waals surface area contributed by atoms with E-state index in [0.29, 0.717) is 30.6 Å². The Morgan fingerprint density at radius 2 is 2.26 bits per heavy atom. The van der Waals surface area contributed by atoms with E-state index in [1.807, 2.05) is 0 Å². The van der Waals surface area contributed by atoms with Crippen LogP contribution in [0, 0.1) is 0 Å². The van der Waals surface area contributed by atoms with Gasteiger partial charge in [-0.2, -0.15) is 0 Å². The normalized spacial score (nSPS) is 19.4. The van der Waals surface area contributed by atoms with Crippen LogP contribution < -0.4 is 11.1 Å². The molecule has 1 aliphatic rings. The van der Waals surface area contributed by atoms with Crippen LogP contribution in [0.2, 0.25) is 0 Å². The van der Waals surface area contributed by atoms with E-state index in [1.54, 1.807) is 30.1 Å². The zero-order chi connectivity index (χ0) is 14.0. The number of nitrogen functional groups attached to an aromatic ring is 1. The fraction of sp³-hybridized carbons (Fsp3) is 0.385. The first-order valence-corrected chi connectivity index (χ1v) is 6.86. The molecule has 0 spiro atoms. The second-order valence-corrected chi connectivity index (χ2v) is 5.63. The number of carbonyl (C=O) groups excluding carboxylic acids is 2. The van der Waals surface area contributed by atoms with E-state index >= 15 is 0 Å². The molecule has 0 saturated carbocycles. The molecule has 0 aliphatic carbocycles. The molecular formula is C13H16BrN3O2. The molecule has 1 aromatic rings. The summed E-state index contributed by atoms with van der Waals surface area (Å²) < 4.78 is 0.808. The van der Waals surface area contributed by atoms with Crippen molar-refractivity contribution in [1.82, 2.24) is 10.2 Å². The highest BCUT2D eigenvalue weighted by Crippen LogP contribution is 2.19. The number of benzene rings is 1. The molecule has 3 N–H and O–H groups in total. The Labute approximate surface area is 120 Å². The molecule has 0 radical (unpaired) electrons. The van der Waals surface area contributed by atoms with Crippen LogP contribution in [0.1, 0.15) is 23.2 Å². The average Bonchev–Trinajstić information content (AvgIpc) is 2.36. The maximum Gasteiger partial charge on any atom is 0.253 e. The Bertz CT molecular complexity index is 519. The molecule has 5 nitrogen and oxygen atoms in total. The largest absolute Gasteiger partial charge is 0.398 e. The van der Waals surface area contributed by atoms with Gasteiger partial charge in [-0.3, -0.25) is 9.59 Å². The molecule has 0 aromatic heterocycles. The molecule has 102 valence electrons. The number of likely N-dealkylation sites (tertiary alicyclic amines) is 1. The molecule has 1 unspecified atom stereocenters. The van der Waals surface area contributed by atoms with Crippen molar-refractivity contribution in [2.45, 2.75) is 18.9 Å². The summed E-state index contributed by atoms with van der Waals surface area (Å²) >= 11 is 3.32. The fourth-order valence-corrected chi connectivity index (χ4v) is 2.48. The van der Waals surface area contributed by atoms with Gasteiger partial charge in [0.1, 0.15) is 0 Å². The highest BCUT2D eigenvalue weighted by molar-refractivity contribution is 9.10. The van der Waals surface area contributed by atoms with Gasteiger partial charge >= 0.3 is 0 Å². The maximum absolute atomic E-state index is 12.2. The van der Waals surface area contributed by atoms with Gasteiger partial charge in [0, 0.05) is 36.2 Å². The molecule has 1 fully saturated rings. The second kappa shape index (κ2) is 5.61. The lowest BCUT2D eigenvalue weighted by atomic mass is 10.0. The molecule has 2 rings (SSSR count). The number of nitrogens with two attached hydrogens (primary N) is 1. The number of anilines is 1. The Morgan fingerprint density at radius 3 is 2.95 bits per heavy atom. The van der Waals surface area contributed by atoms with Crippen molar-refractivity contribution < 1.29 is 9.59 Å². The maximum atomic E-state index is 12.2. The van der Waals surface area contributed by atoms with Crippen LogP contribution in [0.4, 0.5) is 5.69 Å². The lowest BCUT2D eigenvalue weighted by Gasteiger charge is -2.30. The molecule has 2 amide bonds. The third-order valence-corrected chi connectivity index (χ3v) is 3.72. The van der Waals surface area contributed by atoms with Gasteiger partial charge in [-0.15, -0.1) is 0 Å². The van der Waals surface area contributed by atoms with Gasteiger partial charge in [0.2, 0.25) is 5.91 Å². The number of hydrogen-bond acceptors (Lipinski definition) is 3. The zero-order valence-electron chi connectivity index (χ0n) is 10.6. The topological polar surface area (TPSA) is 75.4 Å². The standard InChI is InChI=1S/C13H16BrN3O2/c1-17-7-9(3-5-12(17)18)16-13(19)10-6-8(14)2-4-11(10)15/h2,4,6,9H,3,5,7,15H2,1H3,(H,16,19). The average molecular weight is 326 g/mol. The molecule has 1 atom stereocenters. The molecule has 6 heteroatoms. The van der Waals surface area contributed by atoms with E-state index in [4.69, 9.17) is 5.73 Å². The summed E-state index contributed by atoms with van der Waals surface area (Å²) in [5.41, 5.74) is 6.70. The predicted octanol–water partition coefficient (Wildman–Crippen LogP) is 1.38. The molecular weight excluding hydrogens is 310 g/mol. The second-order valence-electron chi connectivity index (χ2n) is 4.71. The van der Waals surface area contributed by atoms with Crippen LogP contribution in [0.15, 0.2) is 22.7 Å². The SMILES string of the molecule is CN1CC(NC(=O)c2cc(Br)ccc2N)CCC1=O. The lowest BCUT2D eigenvalue weighted by molar-refractivity contribution is -0.132. The third-order valence-electron chi connectivity index (χ3n) is 3.22. The van der Waals surface area contributed by atoms with Crippen molar-refractivity contribution in [3.05, 3.63) is 28.2 Å². The number of rotatable bonds is 2. The molecule has 1 saturated heterocycles. The van der Waals surface area contributed by atoms with Gasteiger partial charge in [-0.25, -0.2) is 0 Å². The van der Waals surface area contributed by atoms with Gasteiger partial charge in [-0.05, 0) is 24.6 Å². The first-order chi connectivity index (χ1) is 8.97. The van der Waals surface area contributed by atoms with E-state index in [0.717, 1.165) is 4.47 Å². The minimum Gasteiger partial charge on any atom is -0.398 e. The summed E-state index contributed by atoms with van der Waals surface area (Å²) in [6, 6.07) is 5.16. The first kappa shape index (κ1) is 13.9. The molecule has 1 aliphatic heterocycles. The minimum atomic E-state index is -0.202. The van der Waals surface area contributed by atoms with Crippen LogP contribution >= 0.6 is 15.9 Å². The smallest absolute Gasteiger partial charge is 0.253 e. The van der Waals surface area contributed by atoms with Crippen LogP contribution in [-0.2, 0) is 4.79 Å². The fourth-order valence-electron chi connectivity index (χ4n) is 2.12. The molecule has 1 aromatic carbocycles. The van der Waals surface area contributed by atoms with Crippen LogP contribution in [0.3, 0.4) is 0 Å². The minimum absolute atomic E-state index is 0.0198. The molecule has 19 heavy (non-hydrogen) atoms. The lowest BCUT2D eigenvalue weighted by Crippen LogP contribution is -2.48. The van der Waals surface area contributed by atoms with E-state index in [9.17, 15) is 9.59 Å². The number of carbonyl (C=O) groups is 2. The van der Waals surface area contributed by atoms with E-state index in [2.05, 4.69) is 21.2 Å². The molecule has 0 bridgehead atoms. The Morgan fingerprint density at radius 1 is 1.53 bits per heavy atom. The van der Waals surface area contributed by atoms with Crippen LogP contribution in [-0.4, -0.2) is 36.3 Å². The number of amides is 2. The highest BCUT2D eigenvalue weighted by atomic mass is 79.9. The summed E-state index contributed by atoms with van der Waals surface area (Å²) in [6.45, 7) is 0.540. The quantitative estimate of drug-likeness (QED) is 0.807. The number of hydrogen-bond donors (Lipinski definition) is 2. The summed E-state index contributed by atoms with van der Waals surface area (Å²) in [6.07, 6.45) is 1.14. The zero-order valence-corrected chi connectivity index (χ0v) is 12.2. The number of nitrogens with one attached hydrogen (secondary N) is 1. The molecule has 1 heterocycles. The third kappa shape index (κ3) is 3.26. The van der Waals surface area contributed by atoms with E-state index < -0.39 is 0 Å². The summed E-state index contributed by atoms with van der Waals surface area (Å²) in [5, 5.41) is 2.92. The van der Waals surface area contributed by atoms with Crippen LogP contribution in [0.5, 0.6) is 0 Å². The Kier molecular flexibility index (Phi) is 4.09. The summed E-state index contributed by atoms with van der Waals surface area (Å²) in [5.74, 6) is -0.0842. The van der Waals surface area contributed by atoms with Crippen LogP contribution in [0.25, 0.3) is 0 Å². The van der Waals surface area contributed by atoms with Crippen molar-refractivity contribution in [2.75, 3.05) is 19.3 Å². The van der Waals surface area contributed by atoms with Crippen molar-refractivity contribution in [1.29, 1.82) is 0 Å². The summed E-state index contributed by atoms with van der Waals surface area (Å²) in [7, 11) is 1.74. The van der Waals surface area contributed by atoms with Gasteiger partial charge in [0.15, 0.2) is 0 Å². The van der Waals surface area contributed by atoms with E-state index in [-0.39, 0.29) is 17.9 Å². The van der Waals surface area contributed by atoms with Gasteiger partial charge in [-0.1, -0.05) is 15.9 Å². The number of likely N-dealkylation sites (N-methyl/N-ethyl adjacent to an activating group) is 1.